The van der Waals surface area contributed by atoms with Crippen LogP contribution in [0, 0.1) is 0 Å². The number of amides is 3. The first-order valence-electron chi connectivity index (χ1n) is 6.97. The predicted octanol–water partition coefficient (Wildman–Crippen LogP) is 1.60. The number of hydrogen-bond donors (Lipinski definition) is 2. The number of carbonyl (C=O) groups excluding carboxylic acids is 2. The van der Waals surface area contributed by atoms with Crippen molar-refractivity contribution >= 4 is 23.3 Å². The third-order valence-corrected chi connectivity index (χ3v) is 4.28. The molecule has 3 amide bonds. The van der Waals surface area contributed by atoms with Crippen LogP contribution < -0.4 is 10.6 Å². The Labute approximate surface area is 123 Å². The van der Waals surface area contributed by atoms with Crippen LogP contribution in [0.4, 0.5) is 4.79 Å². The van der Waals surface area contributed by atoms with Gasteiger partial charge in [-0.15, -0.1) is 11.3 Å². The van der Waals surface area contributed by atoms with E-state index in [1.165, 1.54) is 11.8 Å². The van der Waals surface area contributed by atoms with Crippen molar-refractivity contribution in [3.05, 3.63) is 22.4 Å². The van der Waals surface area contributed by atoms with Crippen LogP contribution in [0.2, 0.25) is 0 Å². The van der Waals surface area contributed by atoms with Crippen LogP contribution in [0.25, 0.3) is 0 Å². The van der Waals surface area contributed by atoms with Crippen LogP contribution in [0.3, 0.4) is 0 Å². The van der Waals surface area contributed by atoms with Gasteiger partial charge in [0.05, 0.1) is 0 Å². The third-order valence-electron chi connectivity index (χ3n) is 3.34. The summed E-state index contributed by atoms with van der Waals surface area (Å²) in [5, 5.41) is 7.87. The van der Waals surface area contributed by atoms with Gasteiger partial charge in [-0.2, -0.15) is 0 Å². The smallest absolute Gasteiger partial charge is 0.317 e. The Balaban J connectivity index is 1.72. The lowest BCUT2D eigenvalue weighted by atomic mass is 10.1. The normalized spacial score (nSPS) is 18.6. The molecule has 0 spiro atoms. The third kappa shape index (κ3) is 4.52. The Morgan fingerprint density at radius 1 is 1.50 bits per heavy atom. The zero-order chi connectivity index (χ0) is 14.4. The van der Waals surface area contributed by atoms with Crippen LogP contribution in [-0.2, 0) is 11.2 Å². The van der Waals surface area contributed by atoms with Crippen LogP contribution in [0.15, 0.2) is 17.5 Å². The van der Waals surface area contributed by atoms with Crippen LogP contribution in [0.5, 0.6) is 0 Å². The highest BCUT2D eigenvalue weighted by Crippen LogP contribution is 2.11. The van der Waals surface area contributed by atoms with Gasteiger partial charge in [0.1, 0.15) is 0 Å². The average molecular weight is 295 g/mol. The summed E-state index contributed by atoms with van der Waals surface area (Å²) < 4.78 is 0. The maximum Gasteiger partial charge on any atom is 0.317 e. The molecule has 1 aliphatic heterocycles. The first-order chi connectivity index (χ1) is 9.65. The molecule has 1 saturated heterocycles. The highest BCUT2D eigenvalue weighted by molar-refractivity contribution is 7.09. The maximum atomic E-state index is 12.1. The first kappa shape index (κ1) is 14.8. The van der Waals surface area contributed by atoms with Crippen molar-refractivity contribution in [3.8, 4) is 0 Å². The fraction of sp³-hybridized carbons (Fsp3) is 0.571. The molecule has 1 aromatic rings. The second kappa shape index (κ2) is 7.28. The summed E-state index contributed by atoms with van der Waals surface area (Å²) >= 11 is 1.70. The molecule has 5 nitrogen and oxygen atoms in total. The number of carbonyl (C=O) groups is 2. The van der Waals surface area contributed by atoms with Crippen LogP contribution >= 0.6 is 11.3 Å². The second-order valence-electron chi connectivity index (χ2n) is 5.05. The molecule has 0 saturated carbocycles. The summed E-state index contributed by atoms with van der Waals surface area (Å²) in [6, 6.07) is 4.15. The Hall–Kier alpha value is -1.56. The van der Waals surface area contributed by atoms with E-state index in [0.29, 0.717) is 13.1 Å². The molecule has 1 fully saturated rings. The van der Waals surface area contributed by atoms with E-state index in [-0.39, 0.29) is 18.0 Å². The van der Waals surface area contributed by atoms with Gasteiger partial charge in [-0.3, -0.25) is 4.79 Å². The summed E-state index contributed by atoms with van der Waals surface area (Å²) in [6.07, 6.45) is 2.74. The van der Waals surface area contributed by atoms with Crippen molar-refractivity contribution in [2.75, 3.05) is 19.6 Å². The molecular formula is C14H21N3O2S. The van der Waals surface area contributed by atoms with E-state index in [2.05, 4.69) is 16.7 Å². The van der Waals surface area contributed by atoms with Gasteiger partial charge in [0.25, 0.3) is 0 Å². The number of urea groups is 1. The van der Waals surface area contributed by atoms with E-state index >= 15 is 0 Å². The monoisotopic (exact) mass is 295 g/mol. The maximum absolute atomic E-state index is 12.1. The van der Waals surface area contributed by atoms with Gasteiger partial charge in [0, 0.05) is 37.5 Å². The molecule has 0 aromatic carbocycles. The van der Waals surface area contributed by atoms with Crippen molar-refractivity contribution in [3.63, 3.8) is 0 Å². The van der Waals surface area contributed by atoms with Gasteiger partial charge in [-0.05, 0) is 30.7 Å². The van der Waals surface area contributed by atoms with Gasteiger partial charge in [-0.1, -0.05) is 6.07 Å². The molecule has 20 heavy (non-hydrogen) atoms. The van der Waals surface area contributed by atoms with E-state index in [0.717, 1.165) is 25.8 Å². The number of likely N-dealkylation sites (tertiary alicyclic amines) is 1. The summed E-state index contributed by atoms with van der Waals surface area (Å²) in [7, 11) is 0. The van der Waals surface area contributed by atoms with Crippen LogP contribution in [-0.4, -0.2) is 42.5 Å². The highest BCUT2D eigenvalue weighted by atomic mass is 32.1. The fourth-order valence-corrected chi connectivity index (χ4v) is 3.14. The molecule has 0 radical (unpaired) electrons. The minimum atomic E-state index is -0.0325. The molecule has 1 aliphatic rings. The van der Waals surface area contributed by atoms with Gasteiger partial charge >= 0.3 is 6.03 Å². The van der Waals surface area contributed by atoms with Crippen molar-refractivity contribution in [2.45, 2.75) is 32.2 Å². The van der Waals surface area contributed by atoms with Crippen molar-refractivity contribution in [2.24, 2.45) is 0 Å². The lowest BCUT2D eigenvalue weighted by molar-refractivity contribution is -0.119. The predicted molar refractivity (Wildman–Crippen MR) is 79.8 cm³/mol. The molecule has 0 bridgehead atoms. The van der Waals surface area contributed by atoms with E-state index in [1.807, 2.05) is 11.4 Å². The molecule has 2 heterocycles. The Morgan fingerprint density at radius 3 is 3.05 bits per heavy atom. The molecule has 0 aliphatic carbocycles. The SMILES string of the molecule is CC(=O)N[C@@H]1CCCN(C(=O)NCCc2cccs2)C1. The topological polar surface area (TPSA) is 61.4 Å². The molecule has 0 unspecified atom stereocenters. The number of nitrogens with one attached hydrogen (secondary N) is 2. The minimum absolute atomic E-state index is 0.0309. The number of thiophene rings is 1. The Bertz CT molecular complexity index is 447. The van der Waals surface area contributed by atoms with E-state index in [1.54, 1.807) is 16.2 Å². The molecule has 1 atom stereocenters. The summed E-state index contributed by atoms with van der Waals surface area (Å²) in [5.41, 5.74) is 0. The average Bonchev–Trinajstić information content (AvgIpc) is 2.91. The zero-order valence-corrected chi connectivity index (χ0v) is 12.5. The Kier molecular flexibility index (Phi) is 5.40. The van der Waals surface area contributed by atoms with Gasteiger partial charge in [0.2, 0.25) is 5.91 Å². The number of piperidine rings is 1. The molecule has 2 rings (SSSR count). The summed E-state index contributed by atoms with van der Waals surface area (Å²) in [6.45, 7) is 3.53. The van der Waals surface area contributed by atoms with E-state index in [9.17, 15) is 9.59 Å². The molecule has 6 heteroatoms. The quantitative estimate of drug-likeness (QED) is 0.886. The Morgan fingerprint density at radius 2 is 2.35 bits per heavy atom. The number of rotatable bonds is 4. The van der Waals surface area contributed by atoms with Gasteiger partial charge in [0.15, 0.2) is 0 Å². The molecular weight excluding hydrogens is 274 g/mol. The summed E-state index contributed by atoms with van der Waals surface area (Å²) in [4.78, 5) is 26.2. The van der Waals surface area contributed by atoms with Gasteiger partial charge < -0.3 is 15.5 Å². The van der Waals surface area contributed by atoms with Crippen molar-refractivity contribution in [1.82, 2.24) is 15.5 Å². The fourth-order valence-electron chi connectivity index (χ4n) is 2.43. The molecule has 110 valence electrons. The molecule has 2 N–H and O–H groups in total. The van der Waals surface area contributed by atoms with Gasteiger partial charge in [-0.25, -0.2) is 4.79 Å². The first-order valence-corrected chi connectivity index (χ1v) is 7.85. The summed E-state index contributed by atoms with van der Waals surface area (Å²) in [5.74, 6) is -0.0325. The lowest BCUT2D eigenvalue weighted by Crippen LogP contribution is -2.52. The number of hydrogen-bond acceptors (Lipinski definition) is 3. The van der Waals surface area contributed by atoms with E-state index < -0.39 is 0 Å². The zero-order valence-electron chi connectivity index (χ0n) is 11.7. The van der Waals surface area contributed by atoms with E-state index in [4.69, 9.17) is 0 Å². The minimum Gasteiger partial charge on any atom is -0.352 e. The van der Waals surface area contributed by atoms with Crippen LogP contribution in [0.1, 0.15) is 24.6 Å². The lowest BCUT2D eigenvalue weighted by Gasteiger charge is -2.33. The highest BCUT2D eigenvalue weighted by Gasteiger charge is 2.23. The van der Waals surface area contributed by atoms with Crippen molar-refractivity contribution < 1.29 is 9.59 Å². The number of nitrogens with zero attached hydrogens (tertiary/aromatic N) is 1. The van der Waals surface area contributed by atoms with Crippen molar-refractivity contribution in [1.29, 1.82) is 0 Å². The molecule has 1 aromatic heterocycles. The largest absolute Gasteiger partial charge is 0.352 e. The standard InChI is InChI=1S/C14H21N3O2S/c1-11(18)16-12-4-2-8-17(10-12)14(19)15-7-6-13-5-3-9-20-13/h3,5,9,12H,2,4,6-8,10H2,1H3,(H,15,19)(H,16,18)/t12-/m1/s1. The second-order valence-corrected chi connectivity index (χ2v) is 6.08.